The van der Waals surface area contributed by atoms with Crippen molar-refractivity contribution in [3.05, 3.63) is 59.7 Å². The fourth-order valence-corrected chi connectivity index (χ4v) is 5.05. The van der Waals surface area contributed by atoms with Crippen LogP contribution in [0.4, 0.5) is 4.79 Å². The van der Waals surface area contributed by atoms with Crippen molar-refractivity contribution in [2.45, 2.75) is 51.0 Å². The Bertz CT molecular complexity index is 1010. The van der Waals surface area contributed by atoms with Crippen molar-refractivity contribution in [3.63, 3.8) is 0 Å². The quantitative estimate of drug-likeness (QED) is 0.573. The summed E-state index contributed by atoms with van der Waals surface area (Å²) in [4.78, 5) is 37.5. The maximum Gasteiger partial charge on any atom is 0.407 e. The number of amides is 2. The van der Waals surface area contributed by atoms with E-state index in [1.54, 1.807) is 0 Å². The second kappa shape index (κ2) is 10.7. The van der Waals surface area contributed by atoms with Crippen LogP contribution in [-0.4, -0.2) is 53.7 Å². The summed E-state index contributed by atoms with van der Waals surface area (Å²) in [5.74, 6) is -0.764. The molecule has 1 heterocycles. The van der Waals surface area contributed by atoms with Gasteiger partial charge in [0.2, 0.25) is 5.91 Å². The summed E-state index contributed by atoms with van der Waals surface area (Å²) in [5.41, 5.74) is 4.74. The van der Waals surface area contributed by atoms with Crippen LogP contribution in [0.1, 0.15) is 56.1 Å². The van der Waals surface area contributed by atoms with Gasteiger partial charge in [-0.1, -0.05) is 55.5 Å². The van der Waals surface area contributed by atoms with E-state index in [0.717, 1.165) is 12.8 Å². The van der Waals surface area contributed by atoms with Gasteiger partial charge in [0, 0.05) is 25.4 Å². The number of hydrogen-bond donors (Lipinski definition) is 2. The fourth-order valence-electron chi connectivity index (χ4n) is 5.05. The van der Waals surface area contributed by atoms with E-state index in [4.69, 9.17) is 4.74 Å². The van der Waals surface area contributed by atoms with E-state index in [2.05, 4.69) is 29.6 Å². The molecule has 1 aliphatic heterocycles. The molecule has 1 saturated heterocycles. The summed E-state index contributed by atoms with van der Waals surface area (Å²) >= 11 is 0. The second-order valence-corrected chi connectivity index (χ2v) is 9.27. The van der Waals surface area contributed by atoms with Gasteiger partial charge in [-0.3, -0.25) is 4.79 Å². The molecule has 1 unspecified atom stereocenters. The molecule has 0 spiro atoms. The molecule has 0 saturated carbocycles. The zero-order valence-corrected chi connectivity index (χ0v) is 19.5. The Morgan fingerprint density at radius 3 is 2.35 bits per heavy atom. The lowest BCUT2D eigenvalue weighted by Crippen LogP contribution is -2.40. The average molecular weight is 465 g/mol. The van der Waals surface area contributed by atoms with E-state index in [9.17, 15) is 19.5 Å². The minimum Gasteiger partial charge on any atom is -0.480 e. The number of fused-ring (bicyclic) bond motifs is 3. The smallest absolute Gasteiger partial charge is 0.407 e. The third-order valence-corrected chi connectivity index (χ3v) is 6.96. The van der Waals surface area contributed by atoms with Crippen LogP contribution in [0.5, 0.6) is 0 Å². The van der Waals surface area contributed by atoms with Crippen molar-refractivity contribution in [2.75, 3.05) is 19.7 Å². The molecule has 7 nitrogen and oxygen atoms in total. The van der Waals surface area contributed by atoms with Gasteiger partial charge in [0.05, 0.1) is 0 Å². The first-order valence-electron chi connectivity index (χ1n) is 12.1. The van der Waals surface area contributed by atoms with E-state index in [1.807, 2.05) is 31.2 Å². The molecule has 2 atom stereocenters. The van der Waals surface area contributed by atoms with Crippen molar-refractivity contribution < 1.29 is 24.2 Å². The molecule has 1 aliphatic carbocycles. The lowest BCUT2D eigenvalue weighted by Gasteiger charge is -2.22. The second-order valence-electron chi connectivity index (χ2n) is 9.27. The molecule has 2 aromatic rings. The largest absolute Gasteiger partial charge is 0.480 e. The highest BCUT2D eigenvalue weighted by molar-refractivity contribution is 5.84. The molecule has 0 aromatic heterocycles. The van der Waals surface area contributed by atoms with Gasteiger partial charge in [0.25, 0.3) is 0 Å². The van der Waals surface area contributed by atoms with Gasteiger partial charge in [-0.25, -0.2) is 9.59 Å². The van der Waals surface area contributed by atoms with Crippen LogP contribution in [0.2, 0.25) is 0 Å². The number of nitrogens with zero attached hydrogens (tertiary/aromatic N) is 1. The average Bonchev–Trinajstić information content (AvgIpc) is 3.45. The normalized spacial score (nSPS) is 17.7. The van der Waals surface area contributed by atoms with Crippen molar-refractivity contribution in [3.8, 4) is 11.1 Å². The summed E-state index contributed by atoms with van der Waals surface area (Å²) in [6.07, 6.45) is 2.54. The van der Waals surface area contributed by atoms with Crippen LogP contribution < -0.4 is 5.32 Å². The van der Waals surface area contributed by atoms with Gasteiger partial charge in [-0.15, -0.1) is 0 Å². The predicted molar refractivity (Wildman–Crippen MR) is 128 cm³/mol. The third-order valence-electron chi connectivity index (χ3n) is 6.96. The fraction of sp³-hybridized carbons (Fsp3) is 0.444. The number of carboxylic acids is 1. The lowest BCUT2D eigenvalue weighted by molar-refractivity contribution is -0.148. The zero-order valence-electron chi connectivity index (χ0n) is 19.5. The third kappa shape index (κ3) is 5.24. The van der Waals surface area contributed by atoms with Gasteiger partial charge in [0.15, 0.2) is 0 Å². The summed E-state index contributed by atoms with van der Waals surface area (Å²) < 4.78 is 5.55. The number of carboxylic acid groups (broad SMARTS) is 1. The first-order valence-corrected chi connectivity index (χ1v) is 12.1. The van der Waals surface area contributed by atoms with Crippen molar-refractivity contribution >= 4 is 18.0 Å². The number of nitrogens with one attached hydrogen (secondary N) is 1. The van der Waals surface area contributed by atoms with Crippen LogP contribution in [0.25, 0.3) is 11.1 Å². The van der Waals surface area contributed by atoms with Crippen LogP contribution in [0, 0.1) is 5.92 Å². The van der Waals surface area contributed by atoms with Gasteiger partial charge >= 0.3 is 12.1 Å². The summed E-state index contributed by atoms with van der Waals surface area (Å²) in [6, 6.07) is 15.8. The first-order chi connectivity index (χ1) is 16.5. The molecule has 180 valence electrons. The zero-order chi connectivity index (χ0) is 24.1. The highest BCUT2D eigenvalue weighted by Gasteiger charge is 2.33. The number of alkyl carbamates (subject to hydrolysis) is 1. The molecular formula is C27H32N2O5. The molecular weight excluding hydrogens is 432 g/mol. The van der Waals surface area contributed by atoms with Gasteiger partial charge < -0.3 is 20.1 Å². The number of ether oxygens (including phenoxy) is 1. The lowest BCUT2D eigenvalue weighted by atomic mass is 9.98. The Morgan fingerprint density at radius 1 is 1.06 bits per heavy atom. The maximum absolute atomic E-state index is 12.4. The number of aliphatic carboxylic acids is 1. The topological polar surface area (TPSA) is 95.9 Å². The Labute approximate surface area is 200 Å². The minimum atomic E-state index is -0.925. The van der Waals surface area contributed by atoms with Crippen molar-refractivity contribution in [2.24, 2.45) is 5.92 Å². The van der Waals surface area contributed by atoms with E-state index in [1.165, 1.54) is 27.2 Å². The predicted octanol–water partition coefficient (Wildman–Crippen LogP) is 4.41. The Kier molecular flexibility index (Phi) is 7.50. The molecule has 7 heteroatoms. The molecule has 2 N–H and O–H groups in total. The molecule has 4 rings (SSSR count). The highest BCUT2D eigenvalue weighted by atomic mass is 16.5. The Balaban J connectivity index is 1.18. The van der Waals surface area contributed by atoms with Gasteiger partial charge in [-0.05, 0) is 53.9 Å². The standard InChI is InChI=1S/C27H32N2O5/c1-18(12-13-25(30)29-16-6-11-24(29)26(31)32)14-15-28-27(33)34-17-23-21-9-4-2-7-19(21)20-8-3-5-10-22(20)23/h2-5,7-10,18,23-24H,6,11-17H2,1H3,(H,28,33)(H,31,32)/t18?,24-/m0/s1. The number of benzene rings is 2. The molecule has 0 bridgehead atoms. The van der Waals surface area contributed by atoms with Crippen LogP contribution >= 0.6 is 0 Å². The Hall–Kier alpha value is -3.35. The molecule has 2 amide bonds. The van der Waals surface area contributed by atoms with Crippen LogP contribution in [0.3, 0.4) is 0 Å². The van der Waals surface area contributed by atoms with E-state index in [0.29, 0.717) is 32.4 Å². The number of rotatable bonds is 9. The van der Waals surface area contributed by atoms with Crippen molar-refractivity contribution in [1.82, 2.24) is 10.2 Å². The van der Waals surface area contributed by atoms with E-state index < -0.39 is 18.1 Å². The maximum atomic E-state index is 12.4. The molecule has 34 heavy (non-hydrogen) atoms. The van der Waals surface area contributed by atoms with Gasteiger partial charge in [-0.2, -0.15) is 0 Å². The first kappa shape index (κ1) is 23.8. The minimum absolute atomic E-state index is 0.0308. The highest BCUT2D eigenvalue weighted by Crippen LogP contribution is 2.44. The summed E-state index contributed by atoms with van der Waals surface area (Å²) in [5, 5.41) is 12.1. The molecule has 1 fully saturated rings. The molecule has 0 radical (unpaired) electrons. The summed E-state index contributed by atoms with van der Waals surface area (Å²) in [6.45, 7) is 3.30. The summed E-state index contributed by atoms with van der Waals surface area (Å²) in [7, 11) is 0. The number of carbonyl (C=O) groups excluding carboxylic acids is 2. The Morgan fingerprint density at radius 2 is 1.71 bits per heavy atom. The van der Waals surface area contributed by atoms with Crippen molar-refractivity contribution in [1.29, 1.82) is 0 Å². The van der Waals surface area contributed by atoms with E-state index >= 15 is 0 Å². The van der Waals surface area contributed by atoms with Gasteiger partial charge in [0.1, 0.15) is 12.6 Å². The number of hydrogen-bond acceptors (Lipinski definition) is 4. The number of likely N-dealkylation sites (tertiary alicyclic amines) is 1. The SMILES string of the molecule is CC(CCNC(=O)OCC1c2ccccc2-c2ccccc21)CCC(=O)N1CCC[C@H]1C(=O)O. The number of carbonyl (C=O) groups is 3. The molecule has 2 aliphatic rings. The monoisotopic (exact) mass is 464 g/mol. The molecule has 2 aromatic carbocycles. The van der Waals surface area contributed by atoms with Crippen LogP contribution in [0.15, 0.2) is 48.5 Å². The van der Waals surface area contributed by atoms with E-state index in [-0.39, 0.29) is 24.3 Å². The van der Waals surface area contributed by atoms with Crippen LogP contribution in [-0.2, 0) is 14.3 Å².